The van der Waals surface area contributed by atoms with Crippen LogP contribution < -0.4 is 10.6 Å². The first kappa shape index (κ1) is 60.1. The van der Waals surface area contributed by atoms with E-state index in [-0.39, 0.29) is 65.4 Å². The molecule has 6 aromatic rings. The number of fused-ring (bicyclic) bond motifs is 4. The third-order valence-corrected chi connectivity index (χ3v) is 17.0. The van der Waals surface area contributed by atoms with Crippen molar-refractivity contribution in [2.24, 2.45) is 29.6 Å². The lowest BCUT2D eigenvalue weighted by Gasteiger charge is -2.28. The summed E-state index contributed by atoms with van der Waals surface area (Å²) >= 11 is 0. The summed E-state index contributed by atoms with van der Waals surface area (Å²) in [6.07, 6.45) is 20.7. The SMILES string of the molecule is CC(C)(C)OC(=O)CC1CCC2CC12.CN(C)C(=O)c1cc2cnc(Nc3ccc(C(=O)N4CC5CC5C4CC(=O)OC(C)(C)C)cn3)nc2n1C1CCCC1.CN(C)C(=O)c1cc2cnc(Nc3ccc(C(=O)O)cn3)nc2n1C1CCCC1. The van der Waals surface area contributed by atoms with Gasteiger partial charge in [0.05, 0.1) is 17.5 Å². The number of nitrogens with one attached hydrogen (secondary N) is 2. The zero-order valence-corrected chi connectivity index (χ0v) is 50.6. The summed E-state index contributed by atoms with van der Waals surface area (Å²) < 4.78 is 15.0. The van der Waals surface area contributed by atoms with Crippen molar-refractivity contribution in [2.45, 2.75) is 161 Å². The predicted octanol–water partition coefficient (Wildman–Crippen LogP) is 10.4. The maximum Gasteiger partial charge on any atom is 0.337 e. The molecule has 6 aliphatic rings. The third kappa shape index (κ3) is 14.2. The number of carbonyl (C=O) groups excluding carboxylic acids is 5. The number of anilines is 4. The van der Waals surface area contributed by atoms with Crippen LogP contribution in [0.3, 0.4) is 0 Å². The summed E-state index contributed by atoms with van der Waals surface area (Å²) in [7, 11) is 6.99. The molecule has 0 aromatic carbocycles. The van der Waals surface area contributed by atoms with Gasteiger partial charge in [0.25, 0.3) is 17.7 Å². The van der Waals surface area contributed by atoms with Gasteiger partial charge in [-0.25, -0.2) is 24.7 Å². The van der Waals surface area contributed by atoms with Crippen molar-refractivity contribution in [3.8, 4) is 0 Å². The van der Waals surface area contributed by atoms with Crippen LogP contribution in [0.15, 0.2) is 61.2 Å². The summed E-state index contributed by atoms with van der Waals surface area (Å²) in [5, 5.41) is 16.8. The lowest BCUT2D eigenvalue weighted by Crippen LogP contribution is -2.40. The highest BCUT2D eigenvalue weighted by Crippen LogP contribution is 2.56. The second-order valence-corrected chi connectivity index (χ2v) is 26.2. The standard InChI is InChI=1S/C31H39N7O4.C20H22N6O3.C12H20O2/c1-31(2,3)42-26(39)14-23-22-12-20(22)17-37(23)28(40)18-10-11-25(32-15-18)34-30-33-16-19-13-24(29(41)36(4)5)38(27(19)35-30)21-8-6-7-9-21;1-25(2)18(27)15-9-13-11-22-20(23-16-8-7-12(10-21-16)19(28)29)24-17(13)26(15)14-5-3-4-6-14;1-12(2,3)14-11(13)7-9-5-4-8-6-10(8)9/h10-11,13,15-16,20-23H,6-9,12,14,17H2,1-5H3,(H,32,33,34,35);7-11,14H,3-6H2,1-2H3,(H,28,29)(H,21,22,23,24);8-10H,4-7H2,1-3H3. The van der Waals surface area contributed by atoms with Gasteiger partial charge in [0, 0.05) is 94.8 Å². The normalized spacial score (nSPS) is 21.5. The molecule has 12 rings (SSSR count). The number of hydrogen-bond acceptors (Lipinski definition) is 16. The highest BCUT2D eigenvalue weighted by atomic mass is 16.6. The van der Waals surface area contributed by atoms with Crippen molar-refractivity contribution in [1.82, 2.24) is 53.7 Å². The molecule has 85 heavy (non-hydrogen) atoms. The van der Waals surface area contributed by atoms with Gasteiger partial charge in [0.2, 0.25) is 11.9 Å². The fraction of sp³-hybridized carbons (Fsp3) is 0.556. The topological polar surface area (TPSA) is 262 Å². The van der Waals surface area contributed by atoms with Crippen LogP contribution in [0, 0.1) is 29.6 Å². The third-order valence-electron chi connectivity index (χ3n) is 17.0. The molecule has 0 bridgehead atoms. The molecule has 5 aliphatic carbocycles. The lowest BCUT2D eigenvalue weighted by atomic mass is 10.00. The molecule has 3 N–H and O–H groups in total. The Hall–Kier alpha value is -8.04. The van der Waals surface area contributed by atoms with Crippen LogP contribution in [0.2, 0.25) is 0 Å². The van der Waals surface area contributed by atoms with Crippen LogP contribution in [-0.4, -0.2) is 146 Å². The van der Waals surface area contributed by atoms with E-state index in [1.165, 1.54) is 31.5 Å². The van der Waals surface area contributed by atoms with E-state index in [2.05, 4.69) is 40.1 Å². The van der Waals surface area contributed by atoms with Gasteiger partial charge < -0.3 is 49.0 Å². The number of carbonyl (C=O) groups is 6. The minimum atomic E-state index is -1.03. The molecule has 22 heteroatoms. The minimum absolute atomic E-state index is 0.00458. The first-order valence-electron chi connectivity index (χ1n) is 30.0. The second-order valence-electron chi connectivity index (χ2n) is 26.2. The number of piperidine rings is 1. The van der Waals surface area contributed by atoms with Crippen LogP contribution in [0.4, 0.5) is 23.5 Å². The number of nitrogens with zero attached hydrogens (tertiary/aromatic N) is 11. The molecule has 1 aliphatic heterocycles. The summed E-state index contributed by atoms with van der Waals surface area (Å²) in [5.41, 5.74) is 2.37. The number of hydrogen-bond donors (Lipinski definition) is 3. The summed E-state index contributed by atoms with van der Waals surface area (Å²) in [4.78, 5) is 106. The maximum atomic E-state index is 13.4. The Morgan fingerprint density at radius 2 is 1.06 bits per heavy atom. The molecular weight excluding hydrogens is 1080 g/mol. The number of aromatic nitrogens is 8. The van der Waals surface area contributed by atoms with Gasteiger partial charge in [-0.3, -0.25) is 24.0 Å². The van der Waals surface area contributed by atoms with Crippen LogP contribution in [-0.2, 0) is 19.1 Å². The quantitative estimate of drug-likeness (QED) is 0.0856. The van der Waals surface area contributed by atoms with Gasteiger partial charge >= 0.3 is 17.9 Å². The highest BCUT2D eigenvalue weighted by molar-refractivity contribution is 5.99. The molecule has 1 saturated heterocycles. The lowest BCUT2D eigenvalue weighted by molar-refractivity contribution is -0.157. The molecule has 22 nitrogen and oxygen atoms in total. The number of amides is 3. The Bertz CT molecular complexity index is 3460. The second kappa shape index (κ2) is 24.5. The first-order valence-corrected chi connectivity index (χ1v) is 30.0. The van der Waals surface area contributed by atoms with Gasteiger partial charge in [-0.05, 0) is 159 Å². The van der Waals surface area contributed by atoms with Gasteiger partial charge in [0.15, 0.2) is 0 Å². The van der Waals surface area contributed by atoms with Crippen molar-refractivity contribution in [3.63, 3.8) is 0 Å². The van der Waals surface area contributed by atoms with E-state index in [1.54, 1.807) is 74.8 Å². The van der Waals surface area contributed by atoms with Crippen molar-refractivity contribution < 1.29 is 43.3 Å². The van der Waals surface area contributed by atoms with E-state index < -0.39 is 11.6 Å². The molecule has 6 atom stereocenters. The van der Waals surface area contributed by atoms with E-state index >= 15 is 0 Å². The molecule has 6 aromatic heterocycles. The van der Waals surface area contributed by atoms with Gasteiger partial charge in [-0.15, -0.1) is 0 Å². The van der Waals surface area contributed by atoms with Gasteiger partial charge in [0.1, 0.15) is 45.5 Å². The Morgan fingerprint density at radius 1 is 0.588 bits per heavy atom. The molecule has 0 radical (unpaired) electrons. The largest absolute Gasteiger partial charge is 0.478 e. The Balaban J connectivity index is 0.000000160. The number of ether oxygens (including phenoxy) is 2. The number of pyridine rings is 2. The molecule has 6 unspecified atom stereocenters. The number of rotatable bonds is 14. The Morgan fingerprint density at radius 3 is 1.47 bits per heavy atom. The van der Waals surface area contributed by atoms with Crippen LogP contribution in [0.1, 0.15) is 185 Å². The van der Waals surface area contributed by atoms with Crippen LogP contribution in [0.25, 0.3) is 22.1 Å². The Labute approximate surface area is 495 Å². The van der Waals surface area contributed by atoms with Crippen molar-refractivity contribution in [3.05, 3.63) is 83.7 Å². The van der Waals surface area contributed by atoms with E-state index in [4.69, 9.17) is 19.6 Å². The smallest absolute Gasteiger partial charge is 0.337 e. The fourth-order valence-electron chi connectivity index (χ4n) is 12.9. The average molecular weight is 1160 g/mol. The van der Waals surface area contributed by atoms with Gasteiger partial charge in [-0.1, -0.05) is 25.7 Å². The molecule has 6 fully saturated rings. The van der Waals surface area contributed by atoms with Crippen LogP contribution >= 0.6 is 0 Å². The number of carboxylic acid groups (broad SMARTS) is 1. The zero-order chi connectivity index (χ0) is 60.6. The highest BCUT2D eigenvalue weighted by Gasteiger charge is 2.55. The van der Waals surface area contributed by atoms with Crippen molar-refractivity contribution in [2.75, 3.05) is 45.4 Å². The Kier molecular flexibility index (Phi) is 17.3. The first-order chi connectivity index (χ1) is 40.4. The molecule has 3 amide bonds. The summed E-state index contributed by atoms with van der Waals surface area (Å²) in [6, 6.07) is 10.5. The van der Waals surface area contributed by atoms with E-state index in [9.17, 15) is 28.8 Å². The summed E-state index contributed by atoms with van der Waals surface area (Å²) in [5.74, 6) is 3.38. The monoisotopic (exact) mass is 1160 g/mol. The van der Waals surface area contributed by atoms with E-state index in [1.807, 2.05) is 63.1 Å². The molecule has 452 valence electrons. The number of carboxylic acids is 1. The molecule has 0 spiro atoms. The fourth-order valence-corrected chi connectivity index (χ4v) is 12.9. The number of aromatic carboxylic acids is 1. The van der Waals surface area contributed by atoms with E-state index in [0.717, 1.165) is 86.0 Å². The van der Waals surface area contributed by atoms with Crippen LogP contribution in [0.5, 0.6) is 0 Å². The molecule has 5 saturated carbocycles. The number of likely N-dealkylation sites (tertiary alicyclic amines) is 1. The van der Waals surface area contributed by atoms with Crippen molar-refractivity contribution >= 4 is 81.2 Å². The van der Waals surface area contributed by atoms with Gasteiger partial charge in [-0.2, -0.15) is 9.97 Å². The molecular formula is C63H81N13O9. The summed E-state index contributed by atoms with van der Waals surface area (Å²) in [6.45, 7) is 12.0. The maximum absolute atomic E-state index is 13.4. The van der Waals surface area contributed by atoms with Crippen molar-refractivity contribution in [1.29, 1.82) is 0 Å². The van der Waals surface area contributed by atoms with E-state index in [0.29, 0.717) is 76.9 Å². The number of esters is 2. The minimum Gasteiger partial charge on any atom is -0.478 e. The average Bonchev–Trinajstić information content (AvgIpc) is 1.71. The predicted molar refractivity (Wildman–Crippen MR) is 320 cm³/mol. The zero-order valence-electron chi connectivity index (χ0n) is 50.6. The molecule has 7 heterocycles.